The highest BCUT2D eigenvalue weighted by Crippen LogP contribution is 2.37. The number of piperidine rings is 1. The van der Waals surface area contributed by atoms with Crippen molar-refractivity contribution in [2.75, 3.05) is 26.5 Å². The number of hydrogen-bond donors (Lipinski definition) is 0. The zero-order valence-corrected chi connectivity index (χ0v) is 18.6. The van der Waals surface area contributed by atoms with Crippen molar-refractivity contribution in [3.8, 4) is 17.2 Å². The second-order valence-electron chi connectivity index (χ2n) is 8.25. The average molecular weight is 456 g/mol. The van der Waals surface area contributed by atoms with Gasteiger partial charge in [-0.15, -0.1) is 12.4 Å². The smallest absolute Gasteiger partial charge is 0.231 e. The molecular weight excluding hydrogens is 429 g/mol. The van der Waals surface area contributed by atoms with Crippen LogP contribution < -0.4 is 14.2 Å². The van der Waals surface area contributed by atoms with Gasteiger partial charge in [0.05, 0.1) is 6.61 Å². The summed E-state index contributed by atoms with van der Waals surface area (Å²) in [7, 11) is 0. The van der Waals surface area contributed by atoms with E-state index in [0.29, 0.717) is 12.5 Å². The van der Waals surface area contributed by atoms with Crippen molar-refractivity contribution < 1.29 is 18.6 Å². The molecule has 1 fully saturated rings. The Morgan fingerprint density at radius 1 is 0.969 bits per heavy atom. The third kappa shape index (κ3) is 5.17. The van der Waals surface area contributed by atoms with Crippen LogP contribution in [0.2, 0.25) is 0 Å². The Hall–Kier alpha value is -2.76. The Bertz CT molecular complexity index is 1020. The lowest BCUT2D eigenvalue weighted by molar-refractivity contribution is 0.0872. The van der Waals surface area contributed by atoms with Gasteiger partial charge in [0.2, 0.25) is 6.79 Å². The molecule has 3 aromatic rings. The molecule has 168 valence electrons. The lowest BCUT2D eigenvalue weighted by Gasteiger charge is -2.39. The van der Waals surface area contributed by atoms with Crippen LogP contribution in [0, 0.1) is 11.7 Å². The van der Waals surface area contributed by atoms with E-state index < -0.39 is 0 Å². The highest BCUT2D eigenvalue weighted by atomic mass is 35.5. The standard InChI is InChI=1S/C26H26FNO3.ClH/c27-22-8-6-20(7-9-22)24-12-13-28(15-19-4-2-1-3-5-19)16-21(24)17-29-25-11-10-23-14-26(25)31-18-30-23;/h1-11,14,21,24H,12-13,15-18H2;1H. The first-order chi connectivity index (χ1) is 15.2. The van der Waals surface area contributed by atoms with Gasteiger partial charge >= 0.3 is 0 Å². The van der Waals surface area contributed by atoms with Gasteiger partial charge in [0.15, 0.2) is 11.5 Å². The summed E-state index contributed by atoms with van der Waals surface area (Å²) in [6.07, 6.45) is 1.02. The zero-order valence-electron chi connectivity index (χ0n) is 17.8. The van der Waals surface area contributed by atoms with Gasteiger partial charge in [-0.3, -0.25) is 4.90 Å². The molecule has 1 saturated heterocycles. The molecule has 3 aromatic carbocycles. The molecule has 0 saturated carbocycles. The number of hydrogen-bond acceptors (Lipinski definition) is 4. The van der Waals surface area contributed by atoms with Crippen molar-refractivity contribution in [2.45, 2.75) is 18.9 Å². The van der Waals surface area contributed by atoms with Crippen LogP contribution in [0.1, 0.15) is 23.5 Å². The topological polar surface area (TPSA) is 30.9 Å². The van der Waals surface area contributed by atoms with Crippen LogP contribution in [-0.2, 0) is 6.54 Å². The quantitative estimate of drug-likeness (QED) is 0.480. The fourth-order valence-electron chi connectivity index (χ4n) is 4.58. The van der Waals surface area contributed by atoms with Crippen LogP contribution in [0.5, 0.6) is 17.2 Å². The van der Waals surface area contributed by atoms with Crippen molar-refractivity contribution >= 4 is 12.4 Å². The number of benzene rings is 3. The van der Waals surface area contributed by atoms with E-state index in [9.17, 15) is 4.39 Å². The van der Waals surface area contributed by atoms with Gasteiger partial charge in [-0.25, -0.2) is 4.39 Å². The van der Waals surface area contributed by atoms with Gasteiger partial charge in [0.25, 0.3) is 0 Å². The van der Waals surface area contributed by atoms with Crippen molar-refractivity contribution in [1.82, 2.24) is 4.90 Å². The largest absolute Gasteiger partial charge is 0.489 e. The Balaban J connectivity index is 0.00000245. The van der Waals surface area contributed by atoms with E-state index in [-0.39, 0.29) is 30.9 Å². The van der Waals surface area contributed by atoms with Crippen LogP contribution in [0.25, 0.3) is 0 Å². The van der Waals surface area contributed by atoms with Gasteiger partial charge < -0.3 is 14.2 Å². The number of fused-ring (bicyclic) bond motifs is 2. The number of halogens is 2. The first kappa shape index (κ1) is 22.4. The van der Waals surface area contributed by atoms with Gasteiger partial charge in [-0.1, -0.05) is 42.5 Å². The van der Waals surface area contributed by atoms with Crippen LogP contribution in [0.3, 0.4) is 0 Å². The summed E-state index contributed by atoms with van der Waals surface area (Å²) in [4.78, 5) is 2.49. The number of nitrogens with zero attached hydrogens (tertiary/aromatic N) is 1. The molecule has 5 rings (SSSR count). The summed E-state index contributed by atoms with van der Waals surface area (Å²) < 4.78 is 30.7. The molecule has 4 nitrogen and oxygen atoms in total. The molecule has 2 unspecified atom stereocenters. The molecule has 2 aliphatic heterocycles. The molecule has 0 spiro atoms. The van der Waals surface area contributed by atoms with Gasteiger partial charge in [0, 0.05) is 25.1 Å². The molecule has 2 aliphatic rings. The summed E-state index contributed by atoms with van der Waals surface area (Å²) >= 11 is 0. The Kier molecular flexibility index (Phi) is 7.18. The number of likely N-dealkylation sites (tertiary alicyclic amines) is 1. The minimum Gasteiger partial charge on any atom is -0.489 e. The molecular formula is C26H27ClFNO3. The summed E-state index contributed by atoms with van der Waals surface area (Å²) in [6.45, 7) is 3.64. The van der Waals surface area contributed by atoms with Crippen LogP contribution in [-0.4, -0.2) is 31.4 Å². The normalized spacial score (nSPS) is 19.9. The first-order valence-electron chi connectivity index (χ1n) is 10.8. The molecule has 2 atom stereocenters. The van der Waals surface area contributed by atoms with Crippen molar-refractivity contribution in [2.24, 2.45) is 5.92 Å². The first-order valence-corrected chi connectivity index (χ1v) is 10.8. The second-order valence-corrected chi connectivity index (χ2v) is 8.25. The Morgan fingerprint density at radius 2 is 1.78 bits per heavy atom. The Labute approximate surface area is 194 Å². The SMILES string of the molecule is Cl.Fc1ccc(C2CCN(Cc3ccccc3)CC2COc2ccc3cc2OCO3)cc1. The van der Waals surface area contributed by atoms with Gasteiger partial charge in [-0.05, 0) is 54.3 Å². The maximum Gasteiger partial charge on any atom is 0.231 e. The maximum atomic E-state index is 13.5. The van der Waals surface area contributed by atoms with Crippen LogP contribution in [0.4, 0.5) is 4.39 Å². The fraction of sp³-hybridized carbons (Fsp3) is 0.308. The minimum absolute atomic E-state index is 0. The lowest BCUT2D eigenvalue weighted by atomic mass is 9.80. The van der Waals surface area contributed by atoms with E-state index >= 15 is 0 Å². The predicted octanol–water partition coefficient (Wildman–Crippen LogP) is 5.66. The third-order valence-electron chi connectivity index (χ3n) is 6.17. The molecule has 32 heavy (non-hydrogen) atoms. The third-order valence-corrected chi connectivity index (χ3v) is 6.17. The Morgan fingerprint density at radius 3 is 2.59 bits per heavy atom. The van der Waals surface area contributed by atoms with Gasteiger partial charge in [-0.2, -0.15) is 0 Å². The average Bonchev–Trinajstić information content (AvgIpc) is 2.80. The lowest BCUT2D eigenvalue weighted by Crippen LogP contribution is -2.41. The van der Waals surface area contributed by atoms with E-state index in [2.05, 4.69) is 29.2 Å². The zero-order chi connectivity index (χ0) is 21.0. The summed E-state index contributed by atoms with van der Waals surface area (Å²) in [6, 6.07) is 23.2. The van der Waals surface area contributed by atoms with Crippen molar-refractivity contribution in [3.05, 3.63) is 89.7 Å². The van der Waals surface area contributed by atoms with Crippen molar-refractivity contribution in [1.29, 1.82) is 0 Å². The van der Waals surface area contributed by atoms with Gasteiger partial charge in [0.1, 0.15) is 11.6 Å². The molecule has 0 aromatic heterocycles. The van der Waals surface area contributed by atoms with E-state index in [0.717, 1.165) is 43.3 Å². The van der Waals surface area contributed by atoms with E-state index in [4.69, 9.17) is 14.2 Å². The molecule has 2 heterocycles. The van der Waals surface area contributed by atoms with E-state index in [1.165, 1.54) is 11.1 Å². The minimum atomic E-state index is -0.198. The molecule has 0 aliphatic carbocycles. The van der Waals surface area contributed by atoms with E-state index in [1.54, 1.807) is 12.1 Å². The molecule has 2 bridgehead atoms. The highest BCUT2D eigenvalue weighted by molar-refractivity contribution is 5.85. The molecule has 0 amide bonds. The second kappa shape index (κ2) is 10.2. The predicted molar refractivity (Wildman–Crippen MR) is 124 cm³/mol. The summed E-state index contributed by atoms with van der Waals surface area (Å²) in [5.41, 5.74) is 2.49. The molecule has 6 heteroatoms. The summed E-state index contributed by atoms with van der Waals surface area (Å²) in [5, 5.41) is 0. The highest BCUT2D eigenvalue weighted by Gasteiger charge is 2.31. The maximum absolute atomic E-state index is 13.5. The monoisotopic (exact) mass is 455 g/mol. The number of ether oxygens (including phenoxy) is 3. The van der Waals surface area contributed by atoms with E-state index in [1.807, 2.05) is 36.4 Å². The molecule has 0 radical (unpaired) electrons. The van der Waals surface area contributed by atoms with Crippen LogP contribution in [0.15, 0.2) is 72.8 Å². The number of rotatable bonds is 6. The van der Waals surface area contributed by atoms with Crippen LogP contribution >= 0.6 is 12.4 Å². The molecule has 0 N–H and O–H groups in total. The van der Waals surface area contributed by atoms with Crippen molar-refractivity contribution in [3.63, 3.8) is 0 Å². The fourth-order valence-corrected chi connectivity index (χ4v) is 4.58. The summed E-state index contributed by atoms with van der Waals surface area (Å²) in [5.74, 6) is 2.67.